The van der Waals surface area contributed by atoms with Crippen molar-refractivity contribution in [3.63, 3.8) is 0 Å². The van der Waals surface area contributed by atoms with Crippen LogP contribution in [0.15, 0.2) is 18.2 Å². The zero-order valence-electron chi connectivity index (χ0n) is 12.0. The van der Waals surface area contributed by atoms with Gasteiger partial charge in [0.15, 0.2) is 0 Å². The fraction of sp³-hybridized carbons (Fsp3) is 0.562. The topological polar surface area (TPSA) is 49.3 Å². The molecule has 0 saturated heterocycles. The minimum absolute atomic E-state index is 0.367. The smallest absolute Gasteiger partial charge is 0.337 e. The van der Waals surface area contributed by atoms with E-state index in [4.69, 9.17) is 5.11 Å². The molecule has 106 valence electrons. The van der Waals surface area contributed by atoms with Crippen molar-refractivity contribution in [3.8, 4) is 0 Å². The van der Waals surface area contributed by atoms with Gasteiger partial charge in [-0.1, -0.05) is 50.7 Å². The van der Waals surface area contributed by atoms with Crippen LogP contribution >= 0.6 is 0 Å². The Morgan fingerprint density at radius 2 is 1.84 bits per heavy atom. The van der Waals surface area contributed by atoms with E-state index in [1.807, 2.05) is 19.1 Å². The molecular weight excluding hydrogens is 238 g/mol. The van der Waals surface area contributed by atoms with Gasteiger partial charge in [0.2, 0.25) is 0 Å². The van der Waals surface area contributed by atoms with Crippen LogP contribution in [0.1, 0.15) is 61.4 Å². The van der Waals surface area contributed by atoms with Crippen LogP contribution in [0.5, 0.6) is 0 Å². The van der Waals surface area contributed by atoms with Gasteiger partial charge in [-0.25, -0.2) is 4.79 Å². The number of anilines is 1. The van der Waals surface area contributed by atoms with Crippen LogP contribution in [0.25, 0.3) is 0 Å². The lowest BCUT2D eigenvalue weighted by atomic mass is 10.1. The Labute approximate surface area is 116 Å². The van der Waals surface area contributed by atoms with E-state index in [9.17, 15) is 4.79 Å². The number of unbranched alkanes of at least 4 members (excludes halogenated alkanes) is 5. The van der Waals surface area contributed by atoms with Crippen molar-refractivity contribution in [1.82, 2.24) is 0 Å². The van der Waals surface area contributed by atoms with Crippen LogP contribution in [-0.2, 0) is 0 Å². The molecule has 19 heavy (non-hydrogen) atoms. The first-order chi connectivity index (χ1) is 9.15. The van der Waals surface area contributed by atoms with Crippen molar-refractivity contribution < 1.29 is 9.90 Å². The molecule has 0 aliphatic carbocycles. The summed E-state index contributed by atoms with van der Waals surface area (Å²) in [6, 6.07) is 5.51. The van der Waals surface area contributed by atoms with E-state index in [-0.39, 0.29) is 0 Å². The summed E-state index contributed by atoms with van der Waals surface area (Å²) in [6.45, 7) is 4.96. The molecule has 0 spiro atoms. The average Bonchev–Trinajstić information content (AvgIpc) is 2.39. The molecular formula is C16H25NO2. The highest BCUT2D eigenvalue weighted by Gasteiger charge is 2.09. The minimum atomic E-state index is -0.867. The number of aryl methyl sites for hydroxylation is 1. The number of carboxylic acids is 1. The third kappa shape index (κ3) is 5.77. The number of benzene rings is 1. The summed E-state index contributed by atoms with van der Waals surface area (Å²) in [4.78, 5) is 11.1. The molecule has 3 nitrogen and oxygen atoms in total. The van der Waals surface area contributed by atoms with Crippen molar-refractivity contribution in [3.05, 3.63) is 29.3 Å². The van der Waals surface area contributed by atoms with Crippen molar-refractivity contribution in [2.75, 3.05) is 11.9 Å². The second-order valence-corrected chi connectivity index (χ2v) is 5.05. The van der Waals surface area contributed by atoms with E-state index in [1.165, 1.54) is 32.1 Å². The van der Waals surface area contributed by atoms with Gasteiger partial charge in [-0.2, -0.15) is 0 Å². The van der Waals surface area contributed by atoms with E-state index >= 15 is 0 Å². The molecule has 0 saturated carbocycles. The van der Waals surface area contributed by atoms with E-state index in [1.54, 1.807) is 6.07 Å². The quantitative estimate of drug-likeness (QED) is 0.646. The van der Waals surface area contributed by atoms with Gasteiger partial charge in [-0.15, -0.1) is 0 Å². The summed E-state index contributed by atoms with van der Waals surface area (Å²) >= 11 is 0. The molecule has 0 aliphatic rings. The number of carbonyl (C=O) groups is 1. The van der Waals surface area contributed by atoms with Gasteiger partial charge in [0, 0.05) is 12.2 Å². The van der Waals surface area contributed by atoms with E-state index < -0.39 is 5.97 Å². The Balaban J connectivity index is 2.35. The Bertz CT molecular complexity index is 402. The molecule has 0 aliphatic heterocycles. The van der Waals surface area contributed by atoms with E-state index in [0.717, 1.165) is 24.2 Å². The molecule has 1 rings (SSSR count). The van der Waals surface area contributed by atoms with Gasteiger partial charge < -0.3 is 10.4 Å². The highest BCUT2D eigenvalue weighted by atomic mass is 16.4. The molecule has 1 aromatic carbocycles. The fourth-order valence-electron chi connectivity index (χ4n) is 2.12. The second kappa shape index (κ2) is 8.57. The van der Waals surface area contributed by atoms with Crippen molar-refractivity contribution in [1.29, 1.82) is 0 Å². The summed E-state index contributed by atoms with van der Waals surface area (Å²) in [6.07, 6.45) is 7.46. The van der Waals surface area contributed by atoms with Crippen LogP contribution in [-0.4, -0.2) is 17.6 Å². The van der Waals surface area contributed by atoms with Gasteiger partial charge in [-0.05, 0) is 25.5 Å². The first-order valence-corrected chi connectivity index (χ1v) is 7.23. The summed E-state index contributed by atoms with van der Waals surface area (Å²) in [5.41, 5.74) is 2.07. The zero-order chi connectivity index (χ0) is 14.1. The molecule has 0 radical (unpaired) electrons. The molecule has 0 fully saturated rings. The Morgan fingerprint density at radius 1 is 1.16 bits per heavy atom. The molecule has 0 heterocycles. The number of hydrogen-bond acceptors (Lipinski definition) is 2. The van der Waals surface area contributed by atoms with Gasteiger partial charge in [-0.3, -0.25) is 0 Å². The van der Waals surface area contributed by atoms with Crippen LogP contribution < -0.4 is 5.32 Å². The maximum Gasteiger partial charge on any atom is 0.337 e. The predicted octanol–water partition coefficient (Wildman–Crippen LogP) is 4.47. The monoisotopic (exact) mass is 263 g/mol. The molecule has 0 unspecified atom stereocenters. The fourth-order valence-corrected chi connectivity index (χ4v) is 2.12. The van der Waals surface area contributed by atoms with E-state index in [0.29, 0.717) is 5.56 Å². The van der Waals surface area contributed by atoms with Crippen LogP contribution in [0.4, 0.5) is 5.69 Å². The largest absolute Gasteiger partial charge is 0.478 e. The summed E-state index contributed by atoms with van der Waals surface area (Å²) < 4.78 is 0. The van der Waals surface area contributed by atoms with Gasteiger partial charge >= 0.3 is 5.97 Å². The molecule has 2 N–H and O–H groups in total. The lowest BCUT2D eigenvalue weighted by Crippen LogP contribution is -2.08. The molecule has 0 aromatic heterocycles. The third-order valence-corrected chi connectivity index (χ3v) is 3.25. The zero-order valence-corrected chi connectivity index (χ0v) is 12.0. The summed E-state index contributed by atoms with van der Waals surface area (Å²) in [5, 5.41) is 12.4. The normalized spacial score (nSPS) is 10.4. The standard InChI is InChI=1S/C16H25NO2/c1-3-4-5-6-7-8-11-17-15-10-9-13(2)12-14(15)16(18)19/h9-10,12,17H,3-8,11H2,1-2H3,(H,18,19). The molecule has 3 heteroatoms. The van der Waals surface area contributed by atoms with Crippen LogP contribution in [0, 0.1) is 6.92 Å². The SMILES string of the molecule is CCCCCCCCNc1ccc(C)cc1C(=O)O. The highest BCUT2D eigenvalue weighted by Crippen LogP contribution is 2.17. The average molecular weight is 263 g/mol. The minimum Gasteiger partial charge on any atom is -0.478 e. The first kappa shape index (κ1) is 15.5. The number of nitrogens with one attached hydrogen (secondary N) is 1. The highest BCUT2D eigenvalue weighted by molar-refractivity contribution is 5.94. The number of hydrogen-bond donors (Lipinski definition) is 2. The number of rotatable bonds is 9. The van der Waals surface area contributed by atoms with Crippen LogP contribution in [0.2, 0.25) is 0 Å². The summed E-state index contributed by atoms with van der Waals surface area (Å²) in [7, 11) is 0. The first-order valence-electron chi connectivity index (χ1n) is 7.23. The maximum absolute atomic E-state index is 11.1. The Morgan fingerprint density at radius 3 is 2.53 bits per heavy atom. The lowest BCUT2D eigenvalue weighted by Gasteiger charge is -2.10. The lowest BCUT2D eigenvalue weighted by molar-refractivity contribution is 0.0698. The maximum atomic E-state index is 11.1. The predicted molar refractivity (Wildman–Crippen MR) is 80.0 cm³/mol. The second-order valence-electron chi connectivity index (χ2n) is 5.05. The van der Waals surface area contributed by atoms with Crippen molar-refractivity contribution >= 4 is 11.7 Å². The van der Waals surface area contributed by atoms with Gasteiger partial charge in [0.1, 0.15) is 0 Å². The van der Waals surface area contributed by atoms with Gasteiger partial charge in [0.05, 0.1) is 5.56 Å². The van der Waals surface area contributed by atoms with Gasteiger partial charge in [0.25, 0.3) is 0 Å². The third-order valence-electron chi connectivity index (χ3n) is 3.25. The molecule has 0 amide bonds. The van der Waals surface area contributed by atoms with E-state index in [2.05, 4.69) is 12.2 Å². The molecule has 1 aromatic rings. The molecule has 0 atom stereocenters. The Kier molecular flexibility index (Phi) is 7.01. The van der Waals surface area contributed by atoms with Crippen molar-refractivity contribution in [2.24, 2.45) is 0 Å². The molecule has 0 bridgehead atoms. The van der Waals surface area contributed by atoms with Crippen molar-refractivity contribution in [2.45, 2.75) is 52.4 Å². The van der Waals surface area contributed by atoms with Crippen LogP contribution in [0.3, 0.4) is 0 Å². The number of aromatic carboxylic acids is 1. The summed E-state index contributed by atoms with van der Waals surface area (Å²) in [5.74, 6) is -0.867. The Hall–Kier alpha value is -1.51. The number of carboxylic acid groups (broad SMARTS) is 1.